The van der Waals surface area contributed by atoms with Crippen molar-refractivity contribution in [3.8, 4) is 17.2 Å². The fourth-order valence-electron chi connectivity index (χ4n) is 2.75. The fraction of sp³-hybridized carbons (Fsp3) is 0.200. The van der Waals surface area contributed by atoms with Crippen LogP contribution in [0, 0.1) is 0 Å². The van der Waals surface area contributed by atoms with Gasteiger partial charge in [-0.15, -0.1) is 0 Å². The van der Waals surface area contributed by atoms with E-state index in [2.05, 4.69) is 15.9 Å². The molecule has 7 nitrogen and oxygen atoms in total. The monoisotopic (exact) mass is 514 g/mol. The molecule has 172 valence electrons. The summed E-state index contributed by atoms with van der Waals surface area (Å²) < 4.78 is 27.4. The third-order valence-corrected chi connectivity index (χ3v) is 4.97. The van der Waals surface area contributed by atoms with E-state index in [0.29, 0.717) is 34.7 Å². The summed E-state index contributed by atoms with van der Waals surface area (Å²) in [5.41, 5.74) is 0.435. The van der Waals surface area contributed by atoms with E-state index in [9.17, 15) is 9.59 Å². The summed E-state index contributed by atoms with van der Waals surface area (Å²) in [6, 6.07) is 20.4. The molecule has 0 amide bonds. The van der Waals surface area contributed by atoms with Crippen molar-refractivity contribution in [3.05, 3.63) is 88.4 Å². The number of carbonyl (C=O) groups excluding carboxylic acids is 2. The highest BCUT2D eigenvalue weighted by Crippen LogP contribution is 2.27. The number of halogens is 1. The Labute approximate surface area is 200 Å². The maximum absolute atomic E-state index is 12.7. The molecule has 0 heterocycles. The molecule has 3 rings (SSSR count). The maximum atomic E-state index is 12.7. The van der Waals surface area contributed by atoms with Gasteiger partial charge in [0.2, 0.25) is 0 Å². The second-order valence-electron chi connectivity index (χ2n) is 6.67. The summed E-state index contributed by atoms with van der Waals surface area (Å²) in [6.45, 7) is 1.07. The third kappa shape index (κ3) is 7.34. The molecule has 0 unspecified atom stereocenters. The summed E-state index contributed by atoms with van der Waals surface area (Å²) >= 11 is 3.38. The molecule has 0 aliphatic rings. The van der Waals surface area contributed by atoms with Crippen LogP contribution in [0.2, 0.25) is 0 Å². The SMILES string of the molecule is COCCOc1ccc(C(=O)Oc2ccccc2C(=O)OCCOc2ccccc2)cc1Br. The number of hydrogen-bond acceptors (Lipinski definition) is 7. The van der Waals surface area contributed by atoms with Crippen molar-refractivity contribution in [1.82, 2.24) is 0 Å². The van der Waals surface area contributed by atoms with Crippen molar-refractivity contribution < 1.29 is 33.3 Å². The second kappa shape index (κ2) is 12.6. The highest BCUT2D eigenvalue weighted by atomic mass is 79.9. The van der Waals surface area contributed by atoms with Gasteiger partial charge in [-0.3, -0.25) is 0 Å². The first-order chi connectivity index (χ1) is 16.1. The fourth-order valence-corrected chi connectivity index (χ4v) is 3.24. The van der Waals surface area contributed by atoms with Crippen molar-refractivity contribution in [2.75, 3.05) is 33.5 Å². The van der Waals surface area contributed by atoms with Gasteiger partial charge >= 0.3 is 11.9 Å². The predicted molar refractivity (Wildman–Crippen MR) is 125 cm³/mol. The van der Waals surface area contributed by atoms with Crippen molar-refractivity contribution in [1.29, 1.82) is 0 Å². The average Bonchev–Trinajstić information content (AvgIpc) is 2.83. The number of carbonyl (C=O) groups is 2. The quantitative estimate of drug-likeness (QED) is 0.204. The lowest BCUT2D eigenvalue weighted by Gasteiger charge is -2.12. The van der Waals surface area contributed by atoms with Gasteiger partial charge in [0, 0.05) is 7.11 Å². The van der Waals surface area contributed by atoms with Crippen LogP contribution >= 0.6 is 15.9 Å². The van der Waals surface area contributed by atoms with E-state index >= 15 is 0 Å². The Bertz CT molecular complexity index is 1070. The minimum atomic E-state index is -0.619. The van der Waals surface area contributed by atoms with Gasteiger partial charge in [-0.1, -0.05) is 30.3 Å². The van der Waals surface area contributed by atoms with Crippen LogP contribution < -0.4 is 14.2 Å². The van der Waals surface area contributed by atoms with E-state index in [1.54, 1.807) is 37.4 Å². The summed E-state index contributed by atoms with van der Waals surface area (Å²) in [5, 5.41) is 0. The molecule has 0 spiro atoms. The molecule has 3 aromatic rings. The van der Waals surface area contributed by atoms with Gasteiger partial charge in [-0.05, 0) is 58.4 Å². The van der Waals surface area contributed by atoms with Crippen LogP contribution in [0.15, 0.2) is 77.3 Å². The highest BCUT2D eigenvalue weighted by Gasteiger charge is 2.18. The molecule has 0 bridgehead atoms. The predicted octanol–water partition coefficient (Wildman–Crippen LogP) is 4.93. The van der Waals surface area contributed by atoms with E-state index in [-0.39, 0.29) is 24.5 Å². The lowest BCUT2D eigenvalue weighted by molar-refractivity contribution is 0.0445. The minimum absolute atomic E-state index is 0.0491. The van der Waals surface area contributed by atoms with Gasteiger partial charge in [-0.25, -0.2) is 9.59 Å². The first-order valence-corrected chi connectivity index (χ1v) is 10.9. The van der Waals surface area contributed by atoms with Crippen LogP contribution in [-0.4, -0.2) is 45.5 Å². The molecule has 0 fully saturated rings. The largest absolute Gasteiger partial charge is 0.490 e. The van der Waals surface area contributed by atoms with E-state index in [4.69, 9.17) is 23.7 Å². The van der Waals surface area contributed by atoms with Gasteiger partial charge < -0.3 is 23.7 Å². The van der Waals surface area contributed by atoms with E-state index < -0.39 is 11.9 Å². The number of para-hydroxylation sites is 2. The standard InChI is InChI=1S/C25H23BrO7/c1-29-13-14-31-23-12-11-18(17-21(23)26)24(27)33-22-10-6-5-9-20(22)25(28)32-16-15-30-19-7-3-2-4-8-19/h2-12,17H,13-16H2,1H3. The number of methoxy groups -OCH3 is 1. The first-order valence-electron chi connectivity index (χ1n) is 10.2. The molecule has 0 saturated carbocycles. The van der Waals surface area contributed by atoms with Crippen molar-refractivity contribution in [3.63, 3.8) is 0 Å². The van der Waals surface area contributed by atoms with Crippen LogP contribution in [0.4, 0.5) is 0 Å². The second-order valence-corrected chi connectivity index (χ2v) is 7.52. The van der Waals surface area contributed by atoms with Crippen LogP contribution in [0.5, 0.6) is 17.2 Å². The Balaban J connectivity index is 1.58. The smallest absolute Gasteiger partial charge is 0.343 e. The van der Waals surface area contributed by atoms with Crippen LogP contribution in [-0.2, 0) is 9.47 Å². The van der Waals surface area contributed by atoms with Crippen LogP contribution in [0.1, 0.15) is 20.7 Å². The number of benzene rings is 3. The highest BCUT2D eigenvalue weighted by molar-refractivity contribution is 9.10. The normalized spacial score (nSPS) is 10.4. The van der Waals surface area contributed by atoms with Crippen molar-refractivity contribution in [2.45, 2.75) is 0 Å². The molecule has 0 aliphatic heterocycles. The zero-order valence-electron chi connectivity index (χ0n) is 18.0. The third-order valence-electron chi connectivity index (χ3n) is 4.35. The molecular weight excluding hydrogens is 492 g/mol. The van der Waals surface area contributed by atoms with Gasteiger partial charge in [-0.2, -0.15) is 0 Å². The van der Waals surface area contributed by atoms with Crippen LogP contribution in [0.3, 0.4) is 0 Å². The lowest BCUT2D eigenvalue weighted by Crippen LogP contribution is -2.15. The molecule has 3 aromatic carbocycles. The molecular formula is C25H23BrO7. The van der Waals surface area contributed by atoms with Crippen LogP contribution in [0.25, 0.3) is 0 Å². The Hall–Kier alpha value is -3.36. The van der Waals surface area contributed by atoms with E-state index in [0.717, 1.165) is 0 Å². The minimum Gasteiger partial charge on any atom is -0.490 e. The lowest BCUT2D eigenvalue weighted by atomic mass is 10.2. The van der Waals surface area contributed by atoms with Gasteiger partial charge in [0.25, 0.3) is 0 Å². The van der Waals surface area contributed by atoms with Gasteiger partial charge in [0.05, 0.1) is 16.6 Å². The topological polar surface area (TPSA) is 80.3 Å². The molecule has 0 atom stereocenters. The maximum Gasteiger partial charge on any atom is 0.343 e. The summed E-state index contributed by atoms with van der Waals surface area (Å²) in [7, 11) is 1.59. The number of hydrogen-bond donors (Lipinski definition) is 0. The average molecular weight is 515 g/mol. The zero-order valence-corrected chi connectivity index (χ0v) is 19.6. The van der Waals surface area contributed by atoms with Gasteiger partial charge in [0.1, 0.15) is 42.6 Å². The molecule has 0 saturated heterocycles. The van der Waals surface area contributed by atoms with Crippen molar-refractivity contribution >= 4 is 27.9 Å². The molecule has 33 heavy (non-hydrogen) atoms. The summed E-state index contributed by atoms with van der Waals surface area (Å²) in [6.07, 6.45) is 0. The Morgan fingerprint density at radius 3 is 2.24 bits per heavy atom. The van der Waals surface area contributed by atoms with Crippen molar-refractivity contribution in [2.24, 2.45) is 0 Å². The number of ether oxygens (including phenoxy) is 5. The summed E-state index contributed by atoms with van der Waals surface area (Å²) in [4.78, 5) is 25.2. The molecule has 0 aromatic heterocycles. The first kappa shape index (κ1) is 24.3. The number of esters is 2. The Morgan fingerprint density at radius 2 is 1.48 bits per heavy atom. The molecule has 8 heteroatoms. The zero-order chi connectivity index (χ0) is 23.5. The van der Waals surface area contributed by atoms with E-state index in [1.165, 1.54) is 12.1 Å². The Morgan fingerprint density at radius 1 is 0.758 bits per heavy atom. The van der Waals surface area contributed by atoms with Gasteiger partial charge in [0.15, 0.2) is 0 Å². The van der Waals surface area contributed by atoms with E-state index in [1.807, 2.05) is 30.3 Å². The summed E-state index contributed by atoms with van der Waals surface area (Å²) in [5.74, 6) is 0.132. The molecule has 0 radical (unpaired) electrons. The Kier molecular flexibility index (Phi) is 9.29. The molecule has 0 N–H and O–H groups in total. The molecule has 0 aliphatic carbocycles. The number of rotatable bonds is 11.